The van der Waals surface area contributed by atoms with E-state index in [4.69, 9.17) is 5.84 Å². The van der Waals surface area contributed by atoms with Gasteiger partial charge in [0.15, 0.2) is 0 Å². The van der Waals surface area contributed by atoms with Gasteiger partial charge in [0, 0.05) is 13.1 Å². The summed E-state index contributed by atoms with van der Waals surface area (Å²) in [5.74, 6) is 4.97. The number of carbonyl (C=O) groups excluding carboxylic acids is 1. The van der Waals surface area contributed by atoms with Gasteiger partial charge in [0.1, 0.15) is 0 Å². The summed E-state index contributed by atoms with van der Waals surface area (Å²) in [7, 11) is 0. The highest BCUT2D eigenvalue weighted by molar-refractivity contribution is 5.81. The molecule has 1 unspecified atom stereocenters. The standard InChI is InChI=1S/C9H19N3O2/c1-2-8(9(14)11-10)12-5-3-7(13)4-6-12/h7-8,13H,2-6,10H2,1H3,(H,11,14). The van der Waals surface area contributed by atoms with E-state index in [2.05, 4.69) is 10.3 Å². The molecular formula is C9H19N3O2. The van der Waals surface area contributed by atoms with E-state index in [1.807, 2.05) is 6.92 Å². The van der Waals surface area contributed by atoms with Gasteiger partial charge in [0.25, 0.3) is 5.91 Å². The minimum absolute atomic E-state index is 0.135. The third-order valence-corrected chi connectivity index (χ3v) is 2.77. The average molecular weight is 201 g/mol. The second-order valence-corrected chi connectivity index (χ2v) is 3.70. The van der Waals surface area contributed by atoms with Gasteiger partial charge in [-0.3, -0.25) is 15.1 Å². The quantitative estimate of drug-likeness (QED) is 0.318. The molecule has 1 amide bonds. The smallest absolute Gasteiger partial charge is 0.251 e. The largest absolute Gasteiger partial charge is 0.393 e. The van der Waals surface area contributed by atoms with Crippen LogP contribution in [0.3, 0.4) is 0 Å². The molecule has 82 valence electrons. The molecule has 1 heterocycles. The van der Waals surface area contributed by atoms with Gasteiger partial charge in [-0.05, 0) is 19.3 Å². The molecule has 1 aliphatic rings. The van der Waals surface area contributed by atoms with Crippen molar-refractivity contribution in [3.05, 3.63) is 0 Å². The van der Waals surface area contributed by atoms with Crippen molar-refractivity contribution < 1.29 is 9.90 Å². The maximum absolute atomic E-state index is 11.4. The number of likely N-dealkylation sites (tertiary alicyclic amines) is 1. The first-order valence-corrected chi connectivity index (χ1v) is 5.11. The zero-order chi connectivity index (χ0) is 10.6. The summed E-state index contributed by atoms with van der Waals surface area (Å²) < 4.78 is 0. The van der Waals surface area contributed by atoms with Gasteiger partial charge >= 0.3 is 0 Å². The van der Waals surface area contributed by atoms with Crippen LogP contribution in [0.15, 0.2) is 0 Å². The molecule has 14 heavy (non-hydrogen) atoms. The minimum atomic E-state index is -0.204. The fraction of sp³-hybridized carbons (Fsp3) is 0.889. The number of hydrogen-bond acceptors (Lipinski definition) is 4. The number of nitrogens with one attached hydrogen (secondary N) is 1. The molecule has 0 aromatic heterocycles. The molecule has 5 nitrogen and oxygen atoms in total. The van der Waals surface area contributed by atoms with E-state index in [-0.39, 0.29) is 18.1 Å². The van der Waals surface area contributed by atoms with E-state index in [1.54, 1.807) is 0 Å². The number of amides is 1. The maximum atomic E-state index is 11.4. The summed E-state index contributed by atoms with van der Waals surface area (Å²) in [6, 6.07) is -0.146. The van der Waals surface area contributed by atoms with E-state index in [0.717, 1.165) is 32.4 Å². The molecule has 1 fully saturated rings. The van der Waals surface area contributed by atoms with Crippen molar-refractivity contribution >= 4 is 5.91 Å². The molecule has 1 aliphatic heterocycles. The van der Waals surface area contributed by atoms with Crippen LogP contribution >= 0.6 is 0 Å². The maximum Gasteiger partial charge on any atom is 0.251 e. The highest BCUT2D eigenvalue weighted by Gasteiger charge is 2.27. The SMILES string of the molecule is CCC(C(=O)NN)N1CCC(O)CC1. The lowest BCUT2D eigenvalue weighted by atomic mass is 10.0. The van der Waals surface area contributed by atoms with Gasteiger partial charge in [-0.2, -0.15) is 0 Å². The van der Waals surface area contributed by atoms with Crippen LogP contribution in [0, 0.1) is 0 Å². The average Bonchev–Trinajstić information content (AvgIpc) is 2.21. The zero-order valence-corrected chi connectivity index (χ0v) is 8.57. The van der Waals surface area contributed by atoms with Crippen molar-refractivity contribution in [1.29, 1.82) is 0 Å². The molecule has 0 spiro atoms. The third-order valence-electron chi connectivity index (χ3n) is 2.77. The molecule has 0 aliphatic carbocycles. The fourth-order valence-corrected chi connectivity index (χ4v) is 1.90. The van der Waals surface area contributed by atoms with Crippen molar-refractivity contribution in [3.8, 4) is 0 Å². The van der Waals surface area contributed by atoms with Crippen molar-refractivity contribution in [1.82, 2.24) is 10.3 Å². The van der Waals surface area contributed by atoms with Crippen molar-refractivity contribution in [3.63, 3.8) is 0 Å². The third kappa shape index (κ3) is 2.67. The normalized spacial score (nSPS) is 21.9. The van der Waals surface area contributed by atoms with Gasteiger partial charge in [-0.1, -0.05) is 6.92 Å². The number of rotatable bonds is 3. The van der Waals surface area contributed by atoms with Gasteiger partial charge in [-0.15, -0.1) is 0 Å². The van der Waals surface area contributed by atoms with E-state index in [1.165, 1.54) is 0 Å². The Morgan fingerprint density at radius 1 is 1.64 bits per heavy atom. The number of nitrogens with zero attached hydrogens (tertiary/aromatic N) is 1. The number of aliphatic hydroxyl groups is 1. The predicted molar refractivity (Wildman–Crippen MR) is 53.2 cm³/mol. The van der Waals surface area contributed by atoms with Crippen LogP contribution in [0.5, 0.6) is 0 Å². The molecule has 0 bridgehead atoms. The van der Waals surface area contributed by atoms with Crippen LogP contribution < -0.4 is 11.3 Å². The van der Waals surface area contributed by atoms with Crippen molar-refractivity contribution in [2.45, 2.75) is 38.3 Å². The minimum Gasteiger partial charge on any atom is -0.393 e. The van der Waals surface area contributed by atoms with Crippen LogP contribution in [-0.2, 0) is 4.79 Å². The summed E-state index contributed by atoms with van der Waals surface area (Å²) in [5.41, 5.74) is 2.18. The zero-order valence-electron chi connectivity index (χ0n) is 8.57. The Morgan fingerprint density at radius 2 is 2.21 bits per heavy atom. The Labute approximate surface area is 84.2 Å². The molecule has 0 aromatic carbocycles. The van der Waals surface area contributed by atoms with Gasteiger partial charge in [0.2, 0.25) is 0 Å². The second-order valence-electron chi connectivity index (χ2n) is 3.70. The monoisotopic (exact) mass is 201 g/mol. The van der Waals surface area contributed by atoms with E-state index >= 15 is 0 Å². The molecule has 0 radical (unpaired) electrons. The number of piperidine rings is 1. The second kappa shape index (κ2) is 5.29. The molecule has 1 saturated heterocycles. The number of hydrogen-bond donors (Lipinski definition) is 3. The fourth-order valence-electron chi connectivity index (χ4n) is 1.90. The Morgan fingerprint density at radius 3 is 2.64 bits per heavy atom. The highest BCUT2D eigenvalue weighted by Crippen LogP contribution is 2.14. The molecule has 4 N–H and O–H groups in total. The van der Waals surface area contributed by atoms with Crippen LogP contribution in [0.4, 0.5) is 0 Å². The first-order chi connectivity index (χ1) is 6.69. The number of carbonyl (C=O) groups is 1. The summed E-state index contributed by atoms with van der Waals surface area (Å²) in [6.07, 6.45) is 2.03. The molecule has 1 atom stereocenters. The summed E-state index contributed by atoms with van der Waals surface area (Å²) in [5, 5.41) is 9.33. The Bertz CT molecular complexity index is 190. The Hall–Kier alpha value is -0.650. The van der Waals surface area contributed by atoms with Crippen LogP contribution in [0.2, 0.25) is 0 Å². The van der Waals surface area contributed by atoms with E-state index in [9.17, 15) is 9.90 Å². The Kier molecular flexibility index (Phi) is 4.31. The number of aliphatic hydroxyl groups excluding tert-OH is 1. The lowest BCUT2D eigenvalue weighted by molar-refractivity contribution is -0.127. The van der Waals surface area contributed by atoms with E-state index < -0.39 is 0 Å². The van der Waals surface area contributed by atoms with Crippen LogP contribution in [0.1, 0.15) is 26.2 Å². The molecular weight excluding hydrogens is 182 g/mol. The Balaban J connectivity index is 2.48. The molecule has 0 saturated carbocycles. The number of hydrazine groups is 1. The van der Waals surface area contributed by atoms with E-state index in [0.29, 0.717) is 0 Å². The summed E-state index contributed by atoms with van der Waals surface area (Å²) in [6.45, 7) is 3.51. The topological polar surface area (TPSA) is 78.6 Å². The van der Waals surface area contributed by atoms with Crippen molar-refractivity contribution in [2.24, 2.45) is 5.84 Å². The van der Waals surface area contributed by atoms with Crippen molar-refractivity contribution in [2.75, 3.05) is 13.1 Å². The van der Waals surface area contributed by atoms with Gasteiger partial charge < -0.3 is 5.11 Å². The van der Waals surface area contributed by atoms with Gasteiger partial charge in [0.05, 0.1) is 12.1 Å². The summed E-state index contributed by atoms with van der Waals surface area (Å²) in [4.78, 5) is 13.5. The van der Waals surface area contributed by atoms with Crippen LogP contribution in [-0.4, -0.2) is 41.1 Å². The first kappa shape index (κ1) is 11.4. The highest BCUT2D eigenvalue weighted by atomic mass is 16.3. The predicted octanol–water partition coefficient (Wildman–Crippen LogP) is -0.788. The van der Waals surface area contributed by atoms with Crippen LogP contribution in [0.25, 0.3) is 0 Å². The first-order valence-electron chi connectivity index (χ1n) is 5.11. The molecule has 1 rings (SSSR count). The molecule has 0 aromatic rings. The lowest BCUT2D eigenvalue weighted by Gasteiger charge is -2.34. The number of nitrogens with two attached hydrogens (primary N) is 1. The lowest BCUT2D eigenvalue weighted by Crippen LogP contribution is -2.51. The molecule has 5 heteroatoms. The van der Waals surface area contributed by atoms with Gasteiger partial charge in [-0.25, -0.2) is 5.84 Å². The summed E-state index contributed by atoms with van der Waals surface area (Å²) >= 11 is 0.